The van der Waals surface area contributed by atoms with Crippen molar-refractivity contribution in [3.63, 3.8) is 0 Å². The van der Waals surface area contributed by atoms with Gasteiger partial charge < -0.3 is 24.1 Å². The number of H-pyrrole nitrogens is 1. The average molecular weight is 437 g/mol. The molecule has 0 aliphatic carbocycles. The fourth-order valence-corrected chi connectivity index (χ4v) is 3.22. The van der Waals surface area contributed by atoms with Gasteiger partial charge in [-0.3, -0.25) is 0 Å². The van der Waals surface area contributed by atoms with Crippen molar-refractivity contribution in [2.45, 2.75) is 13.8 Å². The van der Waals surface area contributed by atoms with E-state index in [0.717, 1.165) is 0 Å². The normalized spacial score (nSPS) is 13.1. The van der Waals surface area contributed by atoms with Crippen LogP contribution in [0.3, 0.4) is 0 Å². The molecule has 0 amide bonds. The predicted octanol–water partition coefficient (Wildman–Crippen LogP) is 3.05. The van der Waals surface area contributed by atoms with Crippen molar-refractivity contribution in [1.82, 2.24) is 9.97 Å². The summed E-state index contributed by atoms with van der Waals surface area (Å²) in [6, 6.07) is 7.11. The van der Waals surface area contributed by atoms with Crippen LogP contribution in [0.1, 0.15) is 23.1 Å². The van der Waals surface area contributed by atoms with Crippen LogP contribution in [-0.2, 0) is 23.8 Å². The highest BCUT2D eigenvalue weighted by atomic mass is 16.5. The number of aryl methyl sites for hydroxylation is 1. The van der Waals surface area contributed by atoms with Crippen LogP contribution in [0.2, 0.25) is 0 Å². The Balaban J connectivity index is 2.19. The third-order valence-electron chi connectivity index (χ3n) is 4.66. The highest BCUT2D eigenvalue weighted by Gasteiger charge is 2.29. The molecule has 32 heavy (non-hydrogen) atoms. The first-order chi connectivity index (χ1) is 15.4. The van der Waals surface area contributed by atoms with E-state index in [1.165, 1.54) is 25.2 Å². The molecule has 3 rings (SSSR count). The molecule has 1 aromatic carbocycles. The maximum absolute atomic E-state index is 12.7. The second kappa shape index (κ2) is 9.78. The van der Waals surface area contributed by atoms with Gasteiger partial charge in [0.2, 0.25) is 0 Å². The number of carbonyl (C=O) groups excluding carboxylic acids is 3. The molecule has 9 nitrogen and oxygen atoms in total. The van der Waals surface area contributed by atoms with Crippen LogP contribution in [0.15, 0.2) is 60.0 Å². The molecule has 0 unspecified atom stereocenters. The maximum Gasteiger partial charge on any atom is 0.358 e. The average Bonchev–Trinajstić information content (AvgIpc) is 3.06. The van der Waals surface area contributed by atoms with Gasteiger partial charge in [0.1, 0.15) is 11.5 Å². The van der Waals surface area contributed by atoms with E-state index in [1.807, 2.05) is 0 Å². The number of esters is 3. The summed E-state index contributed by atoms with van der Waals surface area (Å²) in [5.41, 5.74) is 1.83. The molecular weight excluding hydrogens is 414 g/mol. The zero-order valence-corrected chi connectivity index (χ0v) is 18.2. The Morgan fingerprint density at radius 2 is 1.75 bits per heavy atom. The van der Waals surface area contributed by atoms with Gasteiger partial charge in [0.15, 0.2) is 5.69 Å². The number of aromatic amines is 1. The van der Waals surface area contributed by atoms with E-state index in [-0.39, 0.29) is 23.6 Å². The summed E-state index contributed by atoms with van der Waals surface area (Å²) in [4.78, 5) is 46.4. The third-order valence-corrected chi connectivity index (χ3v) is 4.66. The van der Waals surface area contributed by atoms with Crippen molar-refractivity contribution in [2.75, 3.05) is 25.7 Å². The second-order valence-corrected chi connectivity index (χ2v) is 6.61. The second-order valence-electron chi connectivity index (χ2n) is 6.61. The Morgan fingerprint density at radius 3 is 2.44 bits per heavy atom. The molecule has 0 atom stereocenters. The van der Waals surface area contributed by atoms with Crippen molar-refractivity contribution in [3.8, 4) is 11.4 Å². The van der Waals surface area contributed by atoms with E-state index in [1.54, 1.807) is 56.5 Å². The Morgan fingerprint density at radius 1 is 1.03 bits per heavy atom. The minimum absolute atomic E-state index is 0.0225. The Hall–Kier alpha value is -4.14. The number of hydrogen-bond acceptors (Lipinski definition) is 8. The first kappa shape index (κ1) is 22.5. The predicted molar refractivity (Wildman–Crippen MR) is 117 cm³/mol. The van der Waals surface area contributed by atoms with E-state index in [4.69, 9.17) is 14.2 Å². The van der Waals surface area contributed by atoms with Gasteiger partial charge in [0, 0.05) is 17.5 Å². The standard InChI is InChI=1S/C23H23N3O6/c1-5-32-22(28)18-14(2)24-20(25-18)15-10-6-7-12-17(15)26-13-9-8-11-16(21(27)30-3)19(26)23(29)31-4/h6-13H,5H2,1-4H3,(H,24,25). The number of ether oxygens (including phenoxy) is 3. The fourth-order valence-electron chi connectivity index (χ4n) is 3.22. The van der Waals surface area contributed by atoms with Gasteiger partial charge in [0.05, 0.1) is 32.1 Å². The molecule has 9 heteroatoms. The third kappa shape index (κ3) is 4.31. The lowest BCUT2D eigenvalue weighted by atomic mass is 10.1. The summed E-state index contributed by atoms with van der Waals surface area (Å²) in [7, 11) is 2.46. The van der Waals surface area contributed by atoms with Crippen molar-refractivity contribution in [2.24, 2.45) is 0 Å². The molecule has 1 aromatic heterocycles. The molecule has 0 fully saturated rings. The Labute approximate surface area is 185 Å². The molecule has 1 N–H and O–H groups in total. The van der Waals surface area contributed by atoms with Crippen LogP contribution < -0.4 is 4.90 Å². The largest absolute Gasteiger partial charge is 0.465 e. The van der Waals surface area contributed by atoms with E-state index in [0.29, 0.717) is 22.8 Å². The molecule has 1 aliphatic heterocycles. The molecule has 0 bridgehead atoms. The van der Waals surface area contributed by atoms with Crippen LogP contribution in [-0.4, -0.2) is 48.7 Å². The lowest BCUT2D eigenvalue weighted by Crippen LogP contribution is -2.27. The first-order valence-electron chi connectivity index (χ1n) is 9.81. The van der Waals surface area contributed by atoms with Crippen molar-refractivity contribution >= 4 is 23.6 Å². The SMILES string of the molecule is CCOC(=O)c1nc(-c2ccccc2N2C=CC=CC(C(=O)OC)=C2C(=O)OC)[nH]c1C. The monoisotopic (exact) mass is 437 g/mol. The smallest absolute Gasteiger partial charge is 0.358 e. The molecule has 0 radical (unpaired) electrons. The lowest BCUT2D eigenvalue weighted by molar-refractivity contribution is -0.139. The van der Waals surface area contributed by atoms with Gasteiger partial charge >= 0.3 is 17.9 Å². The van der Waals surface area contributed by atoms with Crippen LogP contribution in [0.4, 0.5) is 5.69 Å². The Bertz CT molecular complexity index is 1140. The van der Waals surface area contributed by atoms with Gasteiger partial charge in [-0.05, 0) is 38.1 Å². The van der Waals surface area contributed by atoms with Gasteiger partial charge in [0.25, 0.3) is 0 Å². The van der Waals surface area contributed by atoms with E-state index in [9.17, 15) is 14.4 Å². The number of rotatable bonds is 6. The molecule has 166 valence electrons. The summed E-state index contributed by atoms with van der Waals surface area (Å²) in [6.45, 7) is 3.66. The van der Waals surface area contributed by atoms with E-state index >= 15 is 0 Å². The summed E-state index contributed by atoms with van der Waals surface area (Å²) in [5, 5.41) is 0. The zero-order chi connectivity index (χ0) is 23.3. The number of nitrogens with one attached hydrogen (secondary N) is 1. The van der Waals surface area contributed by atoms with Crippen molar-refractivity contribution in [3.05, 3.63) is 71.4 Å². The zero-order valence-electron chi connectivity index (χ0n) is 18.2. The number of hydrogen-bond donors (Lipinski definition) is 1. The van der Waals surface area contributed by atoms with Crippen LogP contribution in [0.25, 0.3) is 11.4 Å². The van der Waals surface area contributed by atoms with Gasteiger partial charge in [-0.2, -0.15) is 0 Å². The highest BCUT2D eigenvalue weighted by Crippen LogP contribution is 2.34. The van der Waals surface area contributed by atoms with Gasteiger partial charge in [-0.25, -0.2) is 19.4 Å². The maximum atomic E-state index is 12.7. The molecule has 2 aromatic rings. The summed E-state index contributed by atoms with van der Waals surface area (Å²) >= 11 is 0. The number of imidazole rings is 1. The minimum atomic E-state index is -0.723. The minimum Gasteiger partial charge on any atom is -0.465 e. The van der Waals surface area contributed by atoms with Crippen LogP contribution in [0, 0.1) is 6.92 Å². The van der Waals surface area contributed by atoms with Crippen LogP contribution in [0.5, 0.6) is 0 Å². The quantitative estimate of drug-likeness (QED) is 0.542. The number of anilines is 1. The summed E-state index contributed by atoms with van der Waals surface area (Å²) in [5.74, 6) is -1.55. The van der Waals surface area contributed by atoms with Gasteiger partial charge in [-0.15, -0.1) is 0 Å². The lowest BCUT2D eigenvalue weighted by Gasteiger charge is -2.25. The number of allylic oxidation sites excluding steroid dienone is 2. The molecule has 1 aliphatic rings. The summed E-state index contributed by atoms with van der Waals surface area (Å²) < 4.78 is 14.9. The topological polar surface area (TPSA) is 111 Å². The number of aromatic nitrogens is 2. The number of nitrogens with zero attached hydrogens (tertiary/aromatic N) is 2. The number of para-hydroxylation sites is 1. The van der Waals surface area contributed by atoms with E-state index < -0.39 is 17.9 Å². The Kier molecular flexibility index (Phi) is 6.89. The molecule has 2 heterocycles. The van der Waals surface area contributed by atoms with Crippen LogP contribution >= 0.6 is 0 Å². The number of benzene rings is 1. The molecule has 0 saturated heterocycles. The molecule has 0 saturated carbocycles. The van der Waals surface area contributed by atoms with E-state index in [2.05, 4.69) is 9.97 Å². The number of carbonyl (C=O) groups is 3. The summed E-state index contributed by atoms with van der Waals surface area (Å²) in [6.07, 6.45) is 6.40. The van der Waals surface area contributed by atoms with Crippen molar-refractivity contribution < 1.29 is 28.6 Å². The number of methoxy groups -OCH3 is 2. The molecule has 0 spiro atoms. The first-order valence-corrected chi connectivity index (χ1v) is 9.81. The van der Waals surface area contributed by atoms with Crippen molar-refractivity contribution in [1.29, 1.82) is 0 Å². The highest BCUT2D eigenvalue weighted by molar-refractivity contribution is 6.06. The molecular formula is C23H23N3O6. The van der Waals surface area contributed by atoms with Gasteiger partial charge in [-0.1, -0.05) is 18.2 Å². The fraction of sp³-hybridized carbons (Fsp3) is 0.217.